The molecule has 0 saturated carbocycles. The van der Waals surface area contributed by atoms with Crippen LogP contribution in [0.15, 0.2) is 0 Å². The summed E-state index contributed by atoms with van der Waals surface area (Å²) in [5.41, 5.74) is 0. The number of hydrogen-bond donors (Lipinski definition) is 2. The van der Waals surface area contributed by atoms with Gasteiger partial charge in [0.1, 0.15) is 0 Å². The smallest absolute Gasteiger partial charge is 0.324 e. The Labute approximate surface area is 93.6 Å². The highest BCUT2D eigenvalue weighted by Crippen LogP contribution is 1.99. The van der Waals surface area contributed by atoms with Gasteiger partial charge in [-0.05, 0) is 12.8 Å². The van der Waals surface area contributed by atoms with Crippen LogP contribution in [0.2, 0.25) is 0 Å². The van der Waals surface area contributed by atoms with E-state index >= 15 is 0 Å². The first-order valence-electron chi connectivity index (χ1n) is 5.28. The first kappa shape index (κ1) is 14.4. The number of nitrogens with zero attached hydrogens (tertiary/aromatic N) is 1. The molecule has 0 radical (unpaired) electrons. The molecular weight excluding hydrogens is 216 g/mol. The van der Waals surface area contributed by atoms with Crippen molar-refractivity contribution in [3.63, 3.8) is 0 Å². The minimum absolute atomic E-state index is 0.460. The van der Waals surface area contributed by atoms with Gasteiger partial charge in [-0.3, -0.25) is 4.55 Å². The van der Waals surface area contributed by atoms with Gasteiger partial charge in [0.05, 0.1) is 0 Å². The summed E-state index contributed by atoms with van der Waals surface area (Å²) in [5, 5.41) is 0. The number of rotatable bonds is 7. The third-order valence-electron chi connectivity index (χ3n) is 2.03. The highest BCUT2D eigenvalue weighted by atomic mass is 32.2. The fraction of sp³-hybridized carbons (Fsp3) is 0.889. The van der Waals surface area contributed by atoms with Crippen LogP contribution in [0.3, 0.4) is 0 Å². The van der Waals surface area contributed by atoms with Crippen LogP contribution in [0.5, 0.6) is 0 Å². The van der Waals surface area contributed by atoms with Gasteiger partial charge in [-0.1, -0.05) is 26.7 Å². The van der Waals surface area contributed by atoms with Gasteiger partial charge in [-0.25, -0.2) is 13.7 Å². The second-order valence-corrected chi connectivity index (χ2v) is 4.05. The Morgan fingerprint density at radius 3 is 2.07 bits per heavy atom. The molecule has 0 fully saturated rings. The third-order valence-corrected chi connectivity index (χ3v) is 2.37. The van der Waals surface area contributed by atoms with Gasteiger partial charge in [0, 0.05) is 13.1 Å². The lowest BCUT2D eigenvalue weighted by atomic mass is 10.3. The molecule has 15 heavy (non-hydrogen) atoms. The Balaban J connectivity index is 4.07. The van der Waals surface area contributed by atoms with Gasteiger partial charge in [0.25, 0.3) is 11.3 Å². The summed E-state index contributed by atoms with van der Waals surface area (Å²) in [6.07, 6.45) is 3.82. The van der Waals surface area contributed by atoms with Crippen LogP contribution in [0.4, 0.5) is 4.79 Å². The van der Waals surface area contributed by atoms with E-state index in [-0.39, 0.29) is 0 Å². The summed E-state index contributed by atoms with van der Waals surface area (Å²) in [4.78, 5) is 13.0. The number of nitrogens with one attached hydrogen (secondary N) is 1. The van der Waals surface area contributed by atoms with Crippen LogP contribution in [-0.4, -0.2) is 32.8 Å². The van der Waals surface area contributed by atoms with E-state index in [0.717, 1.165) is 25.7 Å². The summed E-state index contributed by atoms with van der Waals surface area (Å²) < 4.78 is 20.9. The van der Waals surface area contributed by atoms with E-state index < -0.39 is 17.3 Å². The van der Waals surface area contributed by atoms with Gasteiger partial charge in [-0.2, -0.15) is 0 Å². The van der Waals surface area contributed by atoms with E-state index in [1.54, 1.807) is 4.90 Å². The fourth-order valence-electron chi connectivity index (χ4n) is 1.15. The predicted molar refractivity (Wildman–Crippen MR) is 60.7 cm³/mol. The van der Waals surface area contributed by atoms with Crippen LogP contribution < -0.4 is 4.72 Å². The minimum Gasteiger partial charge on any atom is -0.324 e. The quantitative estimate of drug-likeness (QED) is 0.661. The molecule has 5 nitrogen and oxygen atoms in total. The number of hydrogen-bond acceptors (Lipinski definition) is 2. The molecule has 90 valence electrons. The van der Waals surface area contributed by atoms with Gasteiger partial charge >= 0.3 is 6.03 Å². The lowest BCUT2D eigenvalue weighted by molar-refractivity contribution is 0.201. The molecule has 1 unspecified atom stereocenters. The van der Waals surface area contributed by atoms with Crippen molar-refractivity contribution in [2.24, 2.45) is 0 Å². The molecule has 0 aliphatic carbocycles. The van der Waals surface area contributed by atoms with Gasteiger partial charge < -0.3 is 4.90 Å². The van der Waals surface area contributed by atoms with Gasteiger partial charge in [0.15, 0.2) is 0 Å². The van der Waals surface area contributed by atoms with Crippen molar-refractivity contribution in [3.05, 3.63) is 0 Å². The predicted octanol–water partition coefficient (Wildman–Crippen LogP) is 1.73. The van der Waals surface area contributed by atoms with Crippen molar-refractivity contribution < 1.29 is 13.6 Å². The third kappa shape index (κ3) is 7.33. The molecule has 2 amide bonds. The Morgan fingerprint density at radius 2 is 1.73 bits per heavy atom. The molecule has 0 aliphatic rings. The first-order valence-corrected chi connectivity index (χ1v) is 6.38. The SMILES string of the molecule is CCCCN(CCCC)C(=O)NS(=O)O. The molecule has 0 bridgehead atoms. The molecule has 1 atom stereocenters. The van der Waals surface area contributed by atoms with Crippen molar-refractivity contribution in [2.75, 3.05) is 13.1 Å². The summed E-state index contributed by atoms with van der Waals surface area (Å²) in [5.74, 6) is 0. The summed E-state index contributed by atoms with van der Waals surface area (Å²) in [6, 6.07) is -0.460. The molecule has 0 spiro atoms. The zero-order valence-electron chi connectivity index (χ0n) is 9.36. The fourth-order valence-corrected chi connectivity index (χ4v) is 1.43. The first-order chi connectivity index (χ1) is 7.11. The number of unbranched alkanes of at least 4 members (excludes halogenated alkanes) is 2. The van der Waals surface area contributed by atoms with Crippen LogP contribution in [-0.2, 0) is 11.3 Å². The maximum atomic E-state index is 11.4. The normalized spacial score (nSPS) is 12.2. The molecular formula is C9H20N2O3S. The molecule has 0 aliphatic heterocycles. The van der Waals surface area contributed by atoms with Crippen LogP contribution in [0.25, 0.3) is 0 Å². The van der Waals surface area contributed by atoms with Crippen molar-refractivity contribution >= 4 is 17.3 Å². The molecule has 0 aromatic carbocycles. The van der Waals surface area contributed by atoms with Crippen molar-refractivity contribution in [2.45, 2.75) is 39.5 Å². The summed E-state index contributed by atoms with van der Waals surface area (Å²) in [6.45, 7) is 5.36. The van der Waals surface area contributed by atoms with Crippen LogP contribution >= 0.6 is 0 Å². The van der Waals surface area contributed by atoms with E-state index in [4.69, 9.17) is 4.55 Å². The van der Waals surface area contributed by atoms with E-state index in [1.807, 2.05) is 18.6 Å². The molecule has 0 rings (SSSR count). The number of urea groups is 1. The van der Waals surface area contributed by atoms with E-state index in [2.05, 4.69) is 0 Å². The monoisotopic (exact) mass is 236 g/mol. The zero-order chi connectivity index (χ0) is 11.7. The highest BCUT2D eigenvalue weighted by molar-refractivity contribution is 7.77. The maximum Gasteiger partial charge on any atom is 0.330 e. The minimum atomic E-state index is -2.27. The molecule has 6 heteroatoms. The molecule has 0 heterocycles. The number of carbonyl (C=O) groups is 1. The lowest BCUT2D eigenvalue weighted by Gasteiger charge is -2.21. The second-order valence-electron chi connectivity index (χ2n) is 3.35. The van der Waals surface area contributed by atoms with Gasteiger partial charge in [0.2, 0.25) is 0 Å². The largest absolute Gasteiger partial charge is 0.330 e. The summed E-state index contributed by atoms with van der Waals surface area (Å²) >= 11 is -2.27. The molecule has 0 aromatic heterocycles. The van der Waals surface area contributed by atoms with Crippen molar-refractivity contribution in [1.82, 2.24) is 9.62 Å². The summed E-state index contributed by atoms with van der Waals surface area (Å²) in [7, 11) is 0. The number of carbonyl (C=O) groups excluding carboxylic acids is 1. The average molecular weight is 236 g/mol. The zero-order valence-corrected chi connectivity index (χ0v) is 10.2. The van der Waals surface area contributed by atoms with Crippen molar-refractivity contribution in [3.8, 4) is 0 Å². The van der Waals surface area contributed by atoms with E-state index in [9.17, 15) is 9.00 Å². The Bertz CT molecular complexity index is 204. The topological polar surface area (TPSA) is 69.6 Å². The Hall–Kier alpha value is -0.620. The molecule has 2 N–H and O–H groups in total. The van der Waals surface area contributed by atoms with E-state index in [0.29, 0.717) is 13.1 Å². The Morgan fingerprint density at radius 1 is 1.27 bits per heavy atom. The maximum absolute atomic E-state index is 11.4. The standard InChI is InChI=1S/C9H20N2O3S/c1-3-5-7-11(8-6-4-2)9(12)10-15(13)14/h3-8H2,1-2H3,(H,10,12)(H,13,14). The van der Waals surface area contributed by atoms with Crippen LogP contribution in [0.1, 0.15) is 39.5 Å². The number of amides is 2. The van der Waals surface area contributed by atoms with Gasteiger partial charge in [-0.15, -0.1) is 0 Å². The Kier molecular flexibility index (Phi) is 8.31. The highest BCUT2D eigenvalue weighted by Gasteiger charge is 2.13. The molecule has 0 aromatic rings. The lowest BCUT2D eigenvalue weighted by Crippen LogP contribution is -2.41. The average Bonchev–Trinajstić information content (AvgIpc) is 2.17. The van der Waals surface area contributed by atoms with E-state index in [1.165, 1.54) is 0 Å². The van der Waals surface area contributed by atoms with Crippen LogP contribution in [0, 0.1) is 0 Å². The molecule has 0 saturated heterocycles. The van der Waals surface area contributed by atoms with Crippen molar-refractivity contribution in [1.29, 1.82) is 0 Å². The second kappa shape index (κ2) is 8.67.